The van der Waals surface area contributed by atoms with Crippen LogP contribution in [0, 0.1) is 0 Å². The number of nitrogens with zero attached hydrogens (tertiary/aromatic N) is 1. The van der Waals surface area contributed by atoms with E-state index in [-0.39, 0.29) is 0 Å². The molecule has 0 bridgehead atoms. The molecule has 0 amide bonds. The average molecular weight is 291 g/mol. The Morgan fingerprint density at radius 2 is 2.30 bits per heavy atom. The van der Waals surface area contributed by atoms with Crippen LogP contribution in [0.4, 0.5) is 0 Å². The maximum Gasteiger partial charge on any atom is 0.328 e. The lowest BCUT2D eigenvalue weighted by molar-refractivity contribution is -0.131. The molecule has 5 nitrogen and oxygen atoms in total. The summed E-state index contributed by atoms with van der Waals surface area (Å²) < 4.78 is 10.9. The summed E-state index contributed by atoms with van der Waals surface area (Å²) in [6.45, 7) is 0.373. The number of carboxylic acid groups (broad SMARTS) is 1. The van der Waals surface area contributed by atoms with Crippen LogP contribution in [0.2, 0.25) is 0 Å². The second-order valence-corrected chi connectivity index (χ2v) is 4.78. The molecule has 6 heteroatoms. The van der Waals surface area contributed by atoms with E-state index in [9.17, 15) is 4.79 Å². The minimum atomic E-state index is -0.993. The van der Waals surface area contributed by atoms with Gasteiger partial charge in [-0.2, -0.15) is 0 Å². The van der Waals surface area contributed by atoms with Gasteiger partial charge < -0.3 is 14.6 Å². The SMILES string of the molecule is COc1cc(/C=C/C(=O)O)ccc1OCc1nccs1. The van der Waals surface area contributed by atoms with Crippen molar-refractivity contribution >= 4 is 23.4 Å². The average Bonchev–Trinajstić information content (AvgIpc) is 2.96. The lowest BCUT2D eigenvalue weighted by Gasteiger charge is -2.10. The molecular weight excluding hydrogens is 278 g/mol. The number of aromatic nitrogens is 1. The Hall–Kier alpha value is -2.34. The van der Waals surface area contributed by atoms with Gasteiger partial charge in [0.25, 0.3) is 0 Å². The molecule has 1 aromatic carbocycles. The largest absolute Gasteiger partial charge is 0.493 e. The predicted octanol–water partition coefficient (Wildman–Crippen LogP) is 2.83. The van der Waals surface area contributed by atoms with Gasteiger partial charge in [-0.15, -0.1) is 11.3 Å². The molecule has 0 atom stereocenters. The first kappa shape index (κ1) is 14.1. The number of methoxy groups -OCH3 is 1. The zero-order valence-corrected chi connectivity index (χ0v) is 11.6. The van der Waals surface area contributed by atoms with E-state index in [1.165, 1.54) is 24.5 Å². The van der Waals surface area contributed by atoms with Crippen molar-refractivity contribution in [2.75, 3.05) is 7.11 Å². The third kappa shape index (κ3) is 3.83. The highest BCUT2D eigenvalue weighted by molar-refractivity contribution is 7.09. The van der Waals surface area contributed by atoms with Crippen LogP contribution in [0.5, 0.6) is 11.5 Å². The van der Waals surface area contributed by atoms with Crippen LogP contribution < -0.4 is 9.47 Å². The van der Waals surface area contributed by atoms with Crippen LogP contribution >= 0.6 is 11.3 Å². The van der Waals surface area contributed by atoms with Crippen molar-refractivity contribution in [1.82, 2.24) is 4.98 Å². The summed E-state index contributed by atoms with van der Waals surface area (Å²) in [5.74, 6) is 0.150. The molecule has 0 fully saturated rings. The Balaban J connectivity index is 2.11. The number of carboxylic acids is 1. The van der Waals surface area contributed by atoms with E-state index in [0.717, 1.165) is 16.6 Å². The van der Waals surface area contributed by atoms with Crippen molar-refractivity contribution in [2.24, 2.45) is 0 Å². The number of aliphatic carboxylic acids is 1. The van der Waals surface area contributed by atoms with Crippen LogP contribution in [0.1, 0.15) is 10.6 Å². The summed E-state index contributed by atoms with van der Waals surface area (Å²) in [5.41, 5.74) is 0.728. The normalized spacial score (nSPS) is 10.7. The first-order valence-electron chi connectivity index (χ1n) is 5.79. The van der Waals surface area contributed by atoms with Crippen LogP contribution in [-0.2, 0) is 11.4 Å². The van der Waals surface area contributed by atoms with Crippen molar-refractivity contribution in [2.45, 2.75) is 6.61 Å². The highest BCUT2D eigenvalue weighted by Gasteiger charge is 2.06. The van der Waals surface area contributed by atoms with Gasteiger partial charge in [-0.1, -0.05) is 6.07 Å². The Morgan fingerprint density at radius 1 is 1.45 bits per heavy atom. The maximum atomic E-state index is 10.5. The Bertz CT molecular complexity index is 608. The highest BCUT2D eigenvalue weighted by Crippen LogP contribution is 2.29. The van der Waals surface area contributed by atoms with Crippen molar-refractivity contribution in [3.8, 4) is 11.5 Å². The van der Waals surface area contributed by atoms with E-state index >= 15 is 0 Å². The maximum absolute atomic E-state index is 10.5. The Labute approximate surface area is 120 Å². The van der Waals surface area contributed by atoms with Crippen LogP contribution in [0.25, 0.3) is 6.08 Å². The summed E-state index contributed by atoms with van der Waals surface area (Å²) in [6, 6.07) is 5.23. The zero-order valence-electron chi connectivity index (χ0n) is 10.8. The molecule has 104 valence electrons. The smallest absolute Gasteiger partial charge is 0.328 e. The Morgan fingerprint density at radius 3 is 2.95 bits per heavy atom. The van der Waals surface area contributed by atoms with Gasteiger partial charge in [0.05, 0.1) is 7.11 Å². The van der Waals surface area contributed by atoms with Crippen LogP contribution in [0.15, 0.2) is 35.9 Å². The van der Waals surface area contributed by atoms with E-state index in [4.69, 9.17) is 14.6 Å². The van der Waals surface area contributed by atoms with Gasteiger partial charge in [0, 0.05) is 17.7 Å². The number of carbonyl (C=O) groups is 1. The molecule has 1 N–H and O–H groups in total. The topological polar surface area (TPSA) is 68.7 Å². The third-order valence-electron chi connectivity index (χ3n) is 2.44. The fraction of sp³-hybridized carbons (Fsp3) is 0.143. The summed E-state index contributed by atoms with van der Waals surface area (Å²) in [7, 11) is 1.54. The molecule has 0 aliphatic carbocycles. The first-order chi connectivity index (χ1) is 9.69. The quantitative estimate of drug-likeness (QED) is 0.829. The van der Waals surface area contributed by atoms with Gasteiger partial charge in [-0.25, -0.2) is 9.78 Å². The van der Waals surface area contributed by atoms with Crippen molar-refractivity contribution in [3.05, 3.63) is 46.4 Å². The predicted molar refractivity (Wildman–Crippen MR) is 76.1 cm³/mol. The molecule has 0 radical (unpaired) electrons. The van der Waals surface area contributed by atoms with Crippen molar-refractivity contribution < 1.29 is 19.4 Å². The molecular formula is C14H13NO4S. The zero-order chi connectivity index (χ0) is 14.4. The summed E-state index contributed by atoms with van der Waals surface area (Å²) in [4.78, 5) is 14.6. The fourth-order valence-corrected chi connectivity index (χ4v) is 2.07. The molecule has 0 unspecified atom stereocenters. The van der Waals surface area contributed by atoms with E-state index in [1.807, 2.05) is 5.38 Å². The molecule has 0 saturated heterocycles. The van der Waals surface area contributed by atoms with Crippen molar-refractivity contribution in [3.63, 3.8) is 0 Å². The Kier molecular flexibility index (Phi) is 4.73. The number of benzene rings is 1. The molecule has 2 rings (SSSR count). The number of hydrogen-bond donors (Lipinski definition) is 1. The summed E-state index contributed by atoms with van der Waals surface area (Å²) in [6.07, 6.45) is 4.29. The minimum Gasteiger partial charge on any atom is -0.493 e. The molecule has 20 heavy (non-hydrogen) atoms. The molecule has 0 saturated carbocycles. The van der Waals surface area contributed by atoms with Gasteiger partial charge in [0.15, 0.2) is 11.5 Å². The fourth-order valence-electron chi connectivity index (χ4n) is 1.54. The molecule has 0 aliphatic heterocycles. The van der Waals surface area contributed by atoms with Gasteiger partial charge in [0.1, 0.15) is 11.6 Å². The molecule has 0 aliphatic rings. The third-order valence-corrected chi connectivity index (χ3v) is 3.19. The molecule has 2 aromatic rings. The number of ether oxygens (including phenoxy) is 2. The van der Waals surface area contributed by atoms with Crippen LogP contribution in [0.3, 0.4) is 0 Å². The second-order valence-electron chi connectivity index (χ2n) is 3.80. The van der Waals surface area contributed by atoms with Crippen molar-refractivity contribution in [1.29, 1.82) is 0 Å². The molecule has 1 heterocycles. The molecule has 0 spiro atoms. The highest BCUT2D eigenvalue weighted by atomic mass is 32.1. The monoisotopic (exact) mass is 291 g/mol. The van der Waals surface area contributed by atoms with E-state index in [2.05, 4.69) is 4.98 Å². The van der Waals surface area contributed by atoms with E-state index in [0.29, 0.717) is 18.1 Å². The number of thiazole rings is 1. The van der Waals surface area contributed by atoms with E-state index in [1.54, 1.807) is 24.4 Å². The minimum absolute atomic E-state index is 0.373. The summed E-state index contributed by atoms with van der Waals surface area (Å²) >= 11 is 1.52. The van der Waals surface area contributed by atoms with Gasteiger partial charge in [-0.3, -0.25) is 0 Å². The molecule has 1 aromatic heterocycles. The number of hydrogen-bond acceptors (Lipinski definition) is 5. The lowest BCUT2D eigenvalue weighted by Crippen LogP contribution is -1.97. The summed E-state index contributed by atoms with van der Waals surface area (Å²) in [5, 5.41) is 11.4. The standard InChI is InChI=1S/C14H13NO4S/c1-18-12-8-10(3-5-14(16)17)2-4-11(12)19-9-13-15-6-7-20-13/h2-8H,9H2,1H3,(H,16,17)/b5-3+. The van der Waals surface area contributed by atoms with Crippen LogP contribution in [-0.4, -0.2) is 23.2 Å². The second kappa shape index (κ2) is 6.72. The lowest BCUT2D eigenvalue weighted by atomic mass is 10.2. The first-order valence-corrected chi connectivity index (χ1v) is 6.67. The van der Waals surface area contributed by atoms with Gasteiger partial charge >= 0.3 is 5.97 Å². The van der Waals surface area contributed by atoms with Gasteiger partial charge in [0.2, 0.25) is 0 Å². The number of rotatable bonds is 6. The van der Waals surface area contributed by atoms with E-state index < -0.39 is 5.97 Å². The van der Waals surface area contributed by atoms with Gasteiger partial charge in [-0.05, 0) is 23.8 Å².